The number of hydrogen-bond acceptors (Lipinski definition) is 4. The molecule has 1 aromatic rings. The minimum absolute atomic E-state index is 0.0720. The number of nitrogens with one attached hydrogen (secondary N) is 1. The first kappa shape index (κ1) is 8.77. The van der Waals surface area contributed by atoms with Crippen molar-refractivity contribution < 1.29 is 4.79 Å². The minimum Gasteiger partial charge on any atom is -0.328 e. The highest BCUT2D eigenvalue weighted by molar-refractivity contribution is 8.09. The first-order valence-corrected chi connectivity index (χ1v) is 5.67. The zero-order valence-electron chi connectivity index (χ0n) is 7.03. The maximum atomic E-state index is 11.0. The molecule has 0 unspecified atom stereocenters. The van der Waals surface area contributed by atoms with Crippen molar-refractivity contribution in [2.45, 2.75) is 6.92 Å². The topological polar surface area (TPSA) is 42.0 Å². The summed E-state index contributed by atoms with van der Waals surface area (Å²) in [7, 11) is 0. The summed E-state index contributed by atoms with van der Waals surface area (Å²) in [5.74, 6) is 0.564. The zero-order chi connectivity index (χ0) is 9.26. The molecule has 1 aliphatic heterocycles. The number of allylic oxidation sites excluding steroid dienone is 1. The van der Waals surface area contributed by atoms with Gasteiger partial charge in [0.2, 0.25) is 5.91 Å². The lowest BCUT2D eigenvalue weighted by Gasteiger charge is -2.15. The van der Waals surface area contributed by atoms with Crippen LogP contribution in [0.1, 0.15) is 11.9 Å². The van der Waals surface area contributed by atoms with Crippen LogP contribution in [0.25, 0.3) is 4.91 Å². The van der Waals surface area contributed by atoms with Gasteiger partial charge in [-0.3, -0.25) is 4.79 Å². The van der Waals surface area contributed by atoms with Crippen molar-refractivity contribution in [1.82, 2.24) is 10.3 Å². The van der Waals surface area contributed by atoms with Crippen LogP contribution in [0.2, 0.25) is 0 Å². The Kier molecular flexibility index (Phi) is 2.37. The van der Waals surface area contributed by atoms with Crippen LogP contribution < -0.4 is 5.32 Å². The first-order valence-electron chi connectivity index (χ1n) is 3.81. The molecule has 2 heterocycles. The van der Waals surface area contributed by atoms with E-state index in [1.165, 1.54) is 0 Å². The Bertz CT molecular complexity index is 356. The lowest BCUT2D eigenvalue weighted by Crippen LogP contribution is -2.27. The summed E-state index contributed by atoms with van der Waals surface area (Å²) in [6.45, 7) is 1.90. The van der Waals surface area contributed by atoms with Crippen molar-refractivity contribution in [3.8, 4) is 0 Å². The van der Waals surface area contributed by atoms with Crippen LogP contribution in [0.15, 0.2) is 17.3 Å². The van der Waals surface area contributed by atoms with Crippen LogP contribution in [0, 0.1) is 0 Å². The van der Waals surface area contributed by atoms with Crippen molar-refractivity contribution in [3.63, 3.8) is 0 Å². The second kappa shape index (κ2) is 3.51. The molecule has 68 valence electrons. The molecular formula is C8H8N2OS2. The maximum Gasteiger partial charge on any atom is 0.234 e. The molecule has 13 heavy (non-hydrogen) atoms. The normalized spacial score (nSPS) is 17.5. The van der Waals surface area contributed by atoms with E-state index in [0.717, 1.165) is 15.6 Å². The molecule has 0 fully saturated rings. The van der Waals surface area contributed by atoms with Gasteiger partial charge in [0.1, 0.15) is 5.01 Å². The minimum atomic E-state index is 0.0720. The Balaban J connectivity index is 2.33. The number of amides is 1. The SMILES string of the molecule is CC1=C(c2nccs2)SCC(=O)N1. The van der Waals surface area contributed by atoms with E-state index in [-0.39, 0.29) is 5.91 Å². The Labute approximate surface area is 84.3 Å². The highest BCUT2D eigenvalue weighted by Gasteiger charge is 2.17. The second-order valence-corrected chi connectivity index (χ2v) is 4.51. The smallest absolute Gasteiger partial charge is 0.234 e. The molecule has 0 radical (unpaired) electrons. The van der Waals surface area contributed by atoms with Crippen molar-refractivity contribution in [2.75, 3.05) is 5.75 Å². The standard InChI is InChI=1S/C8H8N2OS2/c1-5-7(8-9-2-3-12-8)13-4-6(11)10-5/h2-3H,4H2,1H3,(H,10,11). The molecule has 0 saturated heterocycles. The number of rotatable bonds is 1. The van der Waals surface area contributed by atoms with Crippen LogP contribution >= 0.6 is 23.1 Å². The third kappa shape index (κ3) is 1.76. The fourth-order valence-corrected chi connectivity index (χ4v) is 2.85. The lowest BCUT2D eigenvalue weighted by atomic mass is 10.4. The largest absolute Gasteiger partial charge is 0.328 e. The second-order valence-electron chi connectivity index (χ2n) is 2.63. The fraction of sp³-hybridized carbons (Fsp3) is 0.250. The third-order valence-corrected chi connectivity index (χ3v) is 3.76. The number of aromatic nitrogens is 1. The van der Waals surface area contributed by atoms with Gasteiger partial charge < -0.3 is 5.32 Å². The molecule has 0 aliphatic carbocycles. The summed E-state index contributed by atoms with van der Waals surface area (Å²) in [6, 6.07) is 0. The summed E-state index contributed by atoms with van der Waals surface area (Å²) in [4.78, 5) is 16.3. The van der Waals surface area contributed by atoms with Gasteiger partial charge in [0.05, 0.1) is 10.7 Å². The third-order valence-electron chi connectivity index (χ3n) is 1.64. The van der Waals surface area contributed by atoms with Gasteiger partial charge >= 0.3 is 0 Å². The average Bonchev–Trinajstić information content (AvgIpc) is 2.56. The van der Waals surface area contributed by atoms with Gasteiger partial charge in [-0.15, -0.1) is 23.1 Å². The van der Waals surface area contributed by atoms with Crippen molar-refractivity contribution in [2.24, 2.45) is 0 Å². The van der Waals surface area contributed by atoms with E-state index in [0.29, 0.717) is 5.75 Å². The molecule has 1 N–H and O–H groups in total. The summed E-state index contributed by atoms with van der Waals surface area (Å²) in [5.41, 5.74) is 0.913. The number of carbonyl (C=O) groups excluding carboxylic acids is 1. The quantitative estimate of drug-likeness (QED) is 0.770. The highest BCUT2D eigenvalue weighted by atomic mass is 32.2. The first-order chi connectivity index (χ1) is 6.27. The molecule has 5 heteroatoms. The van der Waals surface area contributed by atoms with Gasteiger partial charge in [0.25, 0.3) is 0 Å². The van der Waals surface area contributed by atoms with Crippen LogP contribution in [0.3, 0.4) is 0 Å². The van der Waals surface area contributed by atoms with Crippen molar-refractivity contribution >= 4 is 33.9 Å². The van der Waals surface area contributed by atoms with E-state index < -0.39 is 0 Å². The van der Waals surface area contributed by atoms with E-state index in [1.54, 1.807) is 29.3 Å². The number of carbonyl (C=O) groups is 1. The summed E-state index contributed by atoms with van der Waals surface area (Å²) >= 11 is 3.15. The molecule has 0 aromatic carbocycles. The van der Waals surface area contributed by atoms with E-state index in [4.69, 9.17) is 0 Å². The molecular weight excluding hydrogens is 204 g/mol. The molecule has 0 saturated carbocycles. The molecule has 2 rings (SSSR count). The number of thioether (sulfide) groups is 1. The van der Waals surface area contributed by atoms with Crippen LogP contribution in [0.5, 0.6) is 0 Å². The van der Waals surface area contributed by atoms with Gasteiger partial charge in [-0.25, -0.2) is 4.98 Å². The Morgan fingerprint density at radius 2 is 2.46 bits per heavy atom. The van der Waals surface area contributed by atoms with Gasteiger partial charge in [0.15, 0.2) is 0 Å². The van der Waals surface area contributed by atoms with Gasteiger partial charge in [-0.05, 0) is 6.92 Å². The predicted molar refractivity (Wildman–Crippen MR) is 55.3 cm³/mol. The molecule has 3 nitrogen and oxygen atoms in total. The number of hydrogen-bond donors (Lipinski definition) is 1. The van der Waals surface area contributed by atoms with Crippen molar-refractivity contribution in [1.29, 1.82) is 0 Å². The fourth-order valence-electron chi connectivity index (χ4n) is 1.11. The number of thiazole rings is 1. The van der Waals surface area contributed by atoms with Crippen LogP contribution in [0.4, 0.5) is 0 Å². The summed E-state index contributed by atoms with van der Waals surface area (Å²) in [6.07, 6.45) is 1.78. The van der Waals surface area contributed by atoms with E-state index in [1.807, 2.05) is 12.3 Å². The van der Waals surface area contributed by atoms with E-state index >= 15 is 0 Å². The molecule has 1 aliphatic rings. The molecule has 1 aromatic heterocycles. The van der Waals surface area contributed by atoms with E-state index in [9.17, 15) is 4.79 Å². The van der Waals surface area contributed by atoms with Crippen LogP contribution in [-0.4, -0.2) is 16.6 Å². The summed E-state index contributed by atoms with van der Waals surface area (Å²) < 4.78 is 0. The molecule has 1 amide bonds. The zero-order valence-corrected chi connectivity index (χ0v) is 8.67. The summed E-state index contributed by atoms with van der Waals surface area (Å²) in [5, 5.41) is 5.73. The van der Waals surface area contributed by atoms with Gasteiger partial charge in [-0.2, -0.15) is 0 Å². The lowest BCUT2D eigenvalue weighted by molar-refractivity contribution is -0.117. The average molecular weight is 212 g/mol. The van der Waals surface area contributed by atoms with Gasteiger partial charge in [0, 0.05) is 17.3 Å². The van der Waals surface area contributed by atoms with E-state index in [2.05, 4.69) is 10.3 Å². The Morgan fingerprint density at radius 3 is 3.08 bits per heavy atom. The van der Waals surface area contributed by atoms with Gasteiger partial charge in [-0.1, -0.05) is 0 Å². The highest BCUT2D eigenvalue weighted by Crippen LogP contribution is 2.33. The Hall–Kier alpha value is -0.810. The predicted octanol–water partition coefficient (Wildman–Crippen LogP) is 1.69. The molecule has 0 bridgehead atoms. The monoisotopic (exact) mass is 212 g/mol. The van der Waals surface area contributed by atoms with Crippen LogP contribution in [-0.2, 0) is 4.79 Å². The molecule has 0 spiro atoms. The molecule has 0 atom stereocenters. The number of nitrogens with zero attached hydrogens (tertiary/aromatic N) is 1. The maximum absolute atomic E-state index is 11.0. The van der Waals surface area contributed by atoms with Crippen molar-refractivity contribution in [3.05, 3.63) is 22.3 Å². The Morgan fingerprint density at radius 1 is 1.62 bits per heavy atom.